The SMILES string of the molecule is COc1ccc(C2CCN([C@@H](CO)C3CCN(C(=O)C=Cc4cc(F)cc(F)c4)CC3)CC2)cc1. The molecule has 2 fully saturated rings. The number of aliphatic hydroxyl groups excluding tert-OH is 1. The van der Waals surface area contributed by atoms with Gasteiger partial charge in [-0.15, -0.1) is 0 Å². The zero-order valence-corrected chi connectivity index (χ0v) is 20.2. The Labute approximate surface area is 206 Å². The monoisotopic (exact) mass is 484 g/mol. The molecule has 0 bridgehead atoms. The van der Waals surface area contributed by atoms with Gasteiger partial charge in [0.25, 0.3) is 0 Å². The number of likely N-dealkylation sites (tertiary alicyclic amines) is 2. The minimum Gasteiger partial charge on any atom is -0.497 e. The number of amides is 1. The van der Waals surface area contributed by atoms with Crippen LogP contribution in [0.25, 0.3) is 6.08 Å². The normalized spacial score (nSPS) is 19.3. The highest BCUT2D eigenvalue weighted by Crippen LogP contribution is 2.32. The Morgan fingerprint density at radius 2 is 1.66 bits per heavy atom. The molecule has 188 valence electrons. The standard InChI is InChI=1S/C28H34F2N2O3/c1-35-26-5-3-21(4-6-26)22-8-12-31(13-9-22)27(19-33)23-10-14-32(15-11-23)28(34)7-2-20-16-24(29)18-25(30)17-20/h2-7,16-18,22-23,27,33H,8-15,19H2,1H3/t27-/m0/s1. The number of carbonyl (C=O) groups excluding carboxylic acids is 1. The van der Waals surface area contributed by atoms with Gasteiger partial charge < -0.3 is 14.7 Å². The smallest absolute Gasteiger partial charge is 0.246 e. The lowest BCUT2D eigenvalue weighted by atomic mass is 9.85. The first-order valence-corrected chi connectivity index (χ1v) is 12.4. The number of hydrogen-bond acceptors (Lipinski definition) is 4. The summed E-state index contributed by atoms with van der Waals surface area (Å²) in [4.78, 5) is 16.8. The van der Waals surface area contributed by atoms with Gasteiger partial charge in [-0.05, 0) is 92.1 Å². The molecule has 2 aromatic carbocycles. The van der Waals surface area contributed by atoms with Gasteiger partial charge >= 0.3 is 0 Å². The lowest BCUT2D eigenvalue weighted by Crippen LogP contribution is -2.50. The molecule has 0 saturated carbocycles. The molecule has 0 aromatic heterocycles. The van der Waals surface area contributed by atoms with Crippen LogP contribution >= 0.6 is 0 Å². The maximum atomic E-state index is 13.4. The summed E-state index contributed by atoms with van der Waals surface area (Å²) in [6, 6.07) is 11.6. The van der Waals surface area contributed by atoms with E-state index in [1.54, 1.807) is 12.0 Å². The van der Waals surface area contributed by atoms with E-state index in [0.29, 0.717) is 30.5 Å². The Morgan fingerprint density at radius 1 is 1.03 bits per heavy atom. The van der Waals surface area contributed by atoms with E-state index in [-0.39, 0.29) is 18.6 Å². The van der Waals surface area contributed by atoms with Crippen LogP contribution in [-0.4, -0.2) is 66.8 Å². The molecule has 0 spiro atoms. The summed E-state index contributed by atoms with van der Waals surface area (Å²) >= 11 is 0. The fraction of sp³-hybridized carbons (Fsp3) is 0.464. The average molecular weight is 485 g/mol. The van der Waals surface area contributed by atoms with Crippen molar-refractivity contribution >= 4 is 12.0 Å². The van der Waals surface area contributed by atoms with Crippen molar-refractivity contribution in [1.82, 2.24) is 9.80 Å². The number of benzene rings is 2. The Kier molecular flexibility index (Phi) is 8.52. The second kappa shape index (κ2) is 11.8. The van der Waals surface area contributed by atoms with Crippen molar-refractivity contribution in [2.24, 2.45) is 5.92 Å². The molecule has 1 amide bonds. The molecule has 2 heterocycles. The Bertz CT molecular complexity index is 991. The van der Waals surface area contributed by atoms with E-state index in [2.05, 4.69) is 17.0 Å². The number of methoxy groups -OCH3 is 1. The van der Waals surface area contributed by atoms with E-state index in [1.165, 1.54) is 29.8 Å². The molecule has 0 radical (unpaired) electrons. The third-order valence-corrected chi connectivity index (χ3v) is 7.47. The summed E-state index contributed by atoms with van der Waals surface area (Å²) in [6.07, 6.45) is 6.61. The van der Waals surface area contributed by atoms with Crippen LogP contribution in [0.1, 0.15) is 42.7 Å². The first-order valence-electron chi connectivity index (χ1n) is 12.4. The van der Waals surface area contributed by atoms with Crippen molar-refractivity contribution in [2.75, 3.05) is 39.9 Å². The van der Waals surface area contributed by atoms with Crippen molar-refractivity contribution in [3.8, 4) is 5.75 Å². The quantitative estimate of drug-likeness (QED) is 0.590. The largest absolute Gasteiger partial charge is 0.497 e. The van der Waals surface area contributed by atoms with Crippen LogP contribution in [-0.2, 0) is 4.79 Å². The summed E-state index contributed by atoms with van der Waals surface area (Å²) in [5.74, 6) is 0.239. The first-order chi connectivity index (χ1) is 17.0. The van der Waals surface area contributed by atoms with Gasteiger partial charge in [0.1, 0.15) is 17.4 Å². The fourth-order valence-electron chi connectivity index (χ4n) is 5.45. The van der Waals surface area contributed by atoms with E-state index in [9.17, 15) is 18.7 Å². The number of halogens is 2. The molecule has 1 N–H and O–H groups in total. The molecule has 35 heavy (non-hydrogen) atoms. The van der Waals surface area contributed by atoms with Gasteiger partial charge in [-0.25, -0.2) is 8.78 Å². The molecular formula is C28H34F2N2O3. The van der Waals surface area contributed by atoms with E-state index in [0.717, 1.165) is 50.6 Å². The summed E-state index contributed by atoms with van der Waals surface area (Å²) < 4.78 is 32.0. The number of hydrogen-bond donors (Lipinski definition) is 1. The van der Waals surface area contributed by atoms with Crippen LogP contribution in [0.5, 0.6) is 5.75 Å². The highest BCUT2D eigenvalue weighted by Gasteiger charge is 2.33. The second-order valence-electron chi connectivity index (χ2n) is 9.53. The lowest BCUT2D eigenvalue weighted by Gasteiger charge is -2.43. The minimum atomic E-state index is -0.666. The van der Waals surface area contributed by atoms with Crippen LogP contribution in [0.3, 0.4) is 0 Å². The van der Waals surface area contributed by atoms with Crippen molar-refractivity contribution in [3.05, 3.63) is 71.3 Å². The van der Waals surface area contributed by atoms with E-state index >= 15 is 0 Å². The van der Waals surface area contributed by atoms with Crippen LogP contribution in [0.2, 0.25) is 0 Å². The zero-order valence-electron chi connectivity index (χ0n) is 20.2. The maximum Gasteiger partial charge on any atom is 0.246 e. The molecule has 5 nitrogen and oxygen atoms in total. The zero-order chi connectivity index (χ0) is 24.8. The molecule has 7 heteroatoms. The van der Waals surface area contributed by atoms with Gasteiger partial charge in [0, 0.05) is 31.3 Å². The van der Waals surface area contributed by atoms with Gasteiger partial charge in [-0.3, -0.25) is 9.69 Å². The predicted molar refractivity (Wildman–Crippen MR) is 132 cm³/mol. The number of nitrogens with zero attached hydrogens (tertiary/aromatic N) is 2. The summed E-state index contributed by atoms with van der Waals surface area (Å²) in [5.41, 5.74) is 1.66. The van der Waals surface area contributed by atoms with E-state index in [4.69, 9.17) is 4.74 Å². The molecule has 2 aliphatic rings. The van der Waals surface area contributed by atoms with Gasteiger partial charge in [0.15, 0.2) is 0 Å². The number of rotatable bonds is 7. The van der Waals surface area contributed by atoms with Gasteiger partial charge in [-0.1, -0.05) is 12.1 Å². The van der Waals surface area contributed by atoms with Crippen LogP contribution in [0, 0.1) is 17.6 Å². The molecule has 4 rings (SSSR count). The number of carbonyl (C=O) groups is 1. The van der Waals surface area contributed by atoms with Crippen molar-refractivity contribution < 1.29 is 23.4 Å². The molecule has 2 saturated heterocycles. The third-order valence-electron chi connectivity index (χ3n) is 7.47. The van der Waals surface area contributed by atoms with Gasteiger partial charge in [0.05, 0.1) is 13.7 Å². The van der Waals surface area contributed by atoms with Crippen LogP contribution < -0.4 is 4.74 Å². The van der Waals surface area contributed by atoms with Crippen LogP contribution in [0.15, 0.2) is 48.5 Å². The molecule has 2 aromatic rings. The summed E-state index contributed by atoms with van der Waals surface area (Å²) in [7, 11) is 1.68. The molecule has 1 atom stereocenters. The Hall–Kier alpha value is -2.77. The predicted octanol–water partition coefficient (Wildman–Crippen LogP) is 4.47. The molecule has 2 aliphatic heterocycles. The van der Waals surface area contributed by atoms with E-state index in [1.807, 2.05) is 12.1 Å². The number of aliphatic hydroxyl groups is 1. The second-order valence-corrected chi connectivity index (χ2v) is 9.53. The summed E-state index contributed by atoms with van der Waals surface area (Å²) in [6.45, 7) is 3.26. The Morgan fingerprint density at radius 3 is 2.23 bits per heavy atom. The Balaban J connectivity index is 1.27. The van der Waals surface area contributed by atoms with Crippen LogP contribution in [0.4, 0.5) is 8.78 Å². The topological polar surface area (TPSA) is 53.0 Å². The van der Waals surface area contributed by atoms with Gasteiger partial charge in [-0.2, -0.15) is 0 Å². The molecule has 0 aliphatic carbocycles. The first kappa shape index (κ1) is 25.3. The van der Waals surface area contributed by atoms with Crippen molar-refractivity contribution in [2.45, 2.75) is 37.6 Å². The molecular weight excluding hydrogens is 450 g/mol. The van der Waals surface area contributed by atoms with Gasteiger partial charge in [0.2, 0.25) is 5.91 Å². The minimum absolute atomic E-state index is 0.106. The fourth-order valence-corrected chi connectivity index (χ4v) is 5.45. The lowest BCUT2D eigenvalue weighted by molar-refractivity contribution is -0.127. The third kappa shape index (κ3) is 6.47. The highest BCUT2D eigenvalue weighted by molar-refractivity contribution is 5.91. The van der Waals surface area contributed by atoms with E-state index < -0.39 is 11.6 Å². The number of piperidine rings is 2. The van der Waals surface area contributed by atoms with Crippen molar-refractivity contribution in [3.63, 3.8) is 0 Å². The molecule has 0 unspecified atom stereocenters. The maximum absolute atomic E-state index is 13.4. The number of ether oxygens (including phenoxy) is 1. The van der Waals surface area contributed by atoms with Crippen molar-refractivity contribution in [1.29, 1.82) is 0 Å². The highest BCUT2D eigenvalue weighted by atomic mass is 19.1. The average Bonchev–Trinajstić information content (AvgIpc) is 2.88. The summed E-state index contributed by atoms with van der Waals surface area (Å²) in [5, 5.41) is 10.2.